The molecule has 1 heterocycles. The number of allylic oxidation sites excluding steroid dienone is 1. The van der Waals surface area contributed by atoms with Gasteiger partial charge in [0.15, 0.2) is 0 Å². The first-order valence-corrected chi connectivity index (χ1v) is 9.10. The lowest BCUT2D eigenvalue weighted by atomic mass is 10.1. The Morgan fingerprint density at radius 2 is 1.50 bits per heavy atom. The molecule has 0 unspecified atom stereocenters. The molecule has 0 saturated heterocycles. The van der Waals surface area contributed by atoms with Crippen LogP contribution < -0.4 is 4.57 Å². The smallest absolute Gasteiger partial charge is 0.239 e. The number of hydrogen-bond donors (Lipinski definition) is 0. The summed E-state index contributed by atoms with van der Waals surface area (Å²) in [6.07, 6.45) is 3.39. The molecule has 0 atom stereocenters. The predicted molar refractivity (Wildman–Crippen MR) is 118 cm³/mol. The largest absolute Gasteiger partial charge is 0.264 e. The molecule has 4 rings (SSSR count). The number of benzene rings is 3. The molecule has 4 heteroatoms. The third-order valence-corrected chi connectivity index (χ3v) is 4.81. The fraction of sp³-hybridized carbons (Fsp3) is 0.0833. The second-order valence-corrected chi connectivity index (χ2v) is 6.71. The Kier molecular flexibility index (Phi) is 4.53. The van der Waals surface area contributed by atoms with Gasteiger partial charge in [0.1, 0.15) is 11.0 Å². The molecule has 0 aliphatic heterocycles. The highest BCUT2D eigenvalue weighted by molar-refractivity contribution is 5.88. The van der Waals surface area contributed by atoms with E-state index < -0.39 is 0 Å². The van der Waals surface area contributed by atoms with Crippen LogP contribution in [-0.2, 0) is 0 Å². The summed E-state index contributed by atoms with van der Waals surface area (Å²) in [5, 5.41) is 0. The molecule has 28 heavy (non-hydrogen) atoms. The zero-order valence-electron chi connectivity index (χ0n) is 16.1. The first-order chi connectivity index (χ1) is 13.6. The topological polar surface area (TPSA) is 41.5 Å². The average molecular weight is 365 g/mol. The highest BCUT2D eigenvalue weighted by atomic mass is 15.0. The molecule has 0 N–H and O–H groups in total. The maximum absolute atomic E-state index is 4.93. The minimum atomic E-state index is 0.857. The van der Waals surface area contributed by atoms with E-state index in [9.17, 15) is 0 Å². The lowest BCUT2D eigenvalue weighted by Crippen LogP contribution is -2.33. The first-order valence-electron chi connectivity index (χ1n) is 9.10. The van der Waals surface area contributed by atoms with Crippen molar-refractivity contribution >= 4 is 46.4 Å². The van der Waals surface area contributed by atoms with Gasteiger partial charge in [0.05, 0.1) is 11.4 Å². The molecule has 0 amide bonds. The summed E-state index contributed by atoms with van der Waals surface area (Å²) >= 11 is 0. The van der Waals surface area contributed by atoms with Gasteiger partial charge in [-0.2, -0.15) is 0 Å². The van der Waals surface area contributed by atoms with Crippen LogP contribution in [0.4, 0.5) is 11.4 Å². The molecule has 0 spiro atoms. The molecule has 1 aromatic heterocycles. The van der Waals surface area contributed by atoms with Crippen LogP contribution >= 0.6 is 0 Å². The van der Waals surface area contributed by atoms with E-state index in [0.29, 0.717) is 0 Å². The van der Waals surface area contributed by atoms with Crippen LogP contribution in [0.2, 0.25) is 0 Å². The molecular weight excluding hydrogens is 344 g/mol. The molecule has 4 nitrogen and oxygen atoms in total. The van der Waals surface area contributed by atoms with Gasteiger partial charge in [-0.1, -0.05) is 30.9 Å². The van der Waals surface area contributed by atoms with Crippen molar-refractivity contribution in [3.05, 3.63) is 78.4 Å². The van der Waals surface area contributed by atoms with Crippen molar-refractivity contribution in [3.63, 3.8) is 0 Å². The fourth-order valence-corrected chi connectivity index (χ4v) is 3.43. The summed E-state index contributed by atoms with van der Waals surface area (Å²) in [6.45, 7) is 11.5. The van der Waals surface area contributed by atoms with Crippen molar-refractivity contribution in [1.82, 2.24) is 4.98 Å². The Morgan fingerprint density at radius 3 is 2.11 bits per heavy atom. The molecule has 136 valence electrons. The Hall–Kier alpha value is -3.66. The lowest BCUT2D eigenvalue weighted by Gasteiger charge is -2.09. The molecular formula is C24H21N4+. The molecule has 0 aliphatic rings. The Labute approximate surface area is 164 Å². The van der Waals surface area contributed by atoms with Gasteiger partial charge in [0.25, 0.3) is 0 Å². The van der Waals surface area contributed by atoms with E-state index in [0.717, 1.165) is 50.3 Å². The van der Waals surface area contributed by atoms with Crippen molar-refractivity contribution in [2.45, 2.75) is 13.8 Å². The van der Waals surface area contributed by atoms with Crippen LogP contribution in [0.25, 0.3) is 27.8 Å². The number of aliphatic imine (C=N–C) groups is 2. The minimum Gasteiger partial charge on any atom is -0.264 e. The normalized spacial score (nSPS) is 11.4. The molecule has 3 aromatic carbocycles. The van der Waals surface area contributed by atoms with Crippen molar-refractivity contribution in [2.75, 3.05) is 0 Å². The molecule has 0 radical (unpaired) electrons. The van der Waals surface area contributed by atoms with Gasteiger partial charge in [0, 0.05) is 30.5 Å². The summed E-state index contributed by atoms with van der Waals surface area (Å²) in [5.74, 6) is 0. The maximum Gasteiger partial charge on any atom is 0.239 e. The van der Waals surface area contributed by atoms with Crippen molar-refractivity contribution in [2.24, 2.45) is 9.98 Å². The molecule has 4 aromatic rings. The fourth-order valence-electron chi connectivity index (χ4n) is 3.43. The number of fused-ring (bicyclic) bond motifs is 2. The van der Waals surface area contributed by atoms with Crippen LogP contribution in [0, 0.1) is 13.8 Å². The summed E-state index contributed by atoms with van der Waals surface area (Å²) in [6, 6.07) is 18.5. The summed E-state index contributed by atoms with van der Waals surface area (Å²) in [4.78, 5) is 13.6. The van der Waals surface area contributed by atoms with E-state index in [-0.39, 0.29) is 0 Å². The SMILES string of the molecule is C=CC=Nc1cc2c(cc1C)nc1cc(C)c(N=C)cc1[n+]2-c1ccccc1. The second kappa shape index (κ2) is 7.16. The Bertz CT molecular complexity index is 1250. The van der Waals surface area contributed by atoms with E-state index in [2.05, 4.69) is 58.2 Å². The highest BCUT2D eigenvalue weighted by Crippen LogP contribution is 2.28. The molecule has 0 saturated carbocycles. The maximum atomic E-state index is 4.93. The van der Waals surface area contributed by atoms with E-state index >= 15 is 0 Å². The van der Waals surface area contributed by atoms with Gasteiger partial charge >= 0.3 is 0 Å². The van der Waals surface area contributed by atoms with Crippen molar-refractivity contribution in [3.8, 4) is 5.69 Å². The summed E-state index contributed by atoms with van der Waals surface area (Å²) < 4.78 is 2.21. The van der Waals surface area contributed by atoms with E-state index in [1.54, 1.807) is 12.3 Å². The molecule has 0 aliphatic carbocycles. The molecule has 0 fully saturated rings. The number of para-hydroxylation sites is 1. The van der Waals surface area contributed by atoms with Crippen molar-refractivity contribution < 1.29 is 4.57 Å². The van der Waals surface area contributed by atoms with Crippen LogP contribution in [0.15, 0.2) is 77.2 Å². The van der Waals surface area contributed by atoms with Gasteiger partial charge in [0.2, 0.25) is 16.7 Å². The summed E-state index contributed by atoms with van der Waals surface area (Å²) in [7, 11) is 0. The van der Waals surface area contributed by atoms with Crippen LogP contribution in [0.5, 0.6) is 0 Å². The van der Waals surface area contributed by atoms with Crippen LogP contribution in [0.3, 0.4) is 0 Å². The number of nitrogens with zero attached hydrogens (tertiary/aromatic N) is 4. The Morgan fingerprint density at radius 1 is 0.893 bits per heavy atom. The van der Waals surface area contributed by atoms with E-state index in [1.807, 2.05) is 38.1 Å². The zero-order chi connectivity index (χ0) is 19.7. The lowest BCUT2D eigenvalue weighted by molar-refractivity contribution is -0.538. The van der Waals surface area contributed by atoms with Gasteiger partial charge in [-0.3, -0.25) is 9.98 Å². The van der Waals surface area contributed by atoms with Gasteiger partial charge in [-0.25, -0.2) is 4.98 Å². The standard InChI is InChI=1S/C24H21N4/c1-5-11-26-20-15-24-22(13-17(20)3)27-21-12-16(2)19(25-4)14-23(21)28(24)18-9-7-6-8-10-18/h5-15H,1,4H2,2-3H3/q+1. The zero-order valence-corrected chi connectivity index (χ0v) is 16.1. The Balaban J connectivity index is 2.19. The number of aromatic nitrogens is 2. The van der Waals surface area contributed by atoms with Crippen molar-refractivity contribution in [1.29, 1.82) is 0 Å². The number of hydrogen-bond acceptors (Lipinski definition) is 3. The number of aryl methyl sites for hydroxylation is 2. The highest BCUT2D eigenvalue weighted by Gasteiger charge is 2.21. The second-order valence-electron chi connectivity index (χ2n) is 6.71. The third-order valence-electron chi connectivity index (χ3n) is 4.81. The van der Waals surface area contributed by atoms with E-state index in [1.165, 1.54) is 0 Å². The third kappa shape index (κ3) is 2.99. The van der Waals surface area contributed by atoms with Crippen LogP contribution in [0.1, 0.15) is 11.1 Å². The van der Waals surface area contributed by atoms with Crippen LogP contribution in [-0.4, -0.2) is 17.9 Å². The van der Waals surface area contributed by atoms with Gasteiger partial charge < -0.3 is 0 Å². The van der Waals surface area contributed by atoms with E-state index in [4.69, 9.17) is 4.98 Å². The summed E-state index contributed by atoms with van der Waals surface area (Å²) in [5.41, 5.74) is 8.74. The molecule has 0 bridgehead atoms. The number of rotatable bonds is 4. The van der Waals surface area contributed by atoms with Gasteiger partial charge in [-0.05, 0) is 43.8 Å². The average Bonchev–Trinajstić information content (AvgIpc) is 2.71. The van der Waals surface area contributed by atoms with Gasteiger partial charge in [-0.15, -0.1) is 4.57 Å². The first kappa shape index (κ1) is 17.7. The quantitative estimate of drug-likeness (QED) is 0.267. The monoisotopic (exact) mass is 365 g/mol. The predicted octanol–water partition coefficient (Wildman–Crippen LogP) is 5.50. The minimum absolute atomic E-state index is 0.857.